The third-order valence-electron chi connectivity index (χ3n) is 5.21. The first-order valence-corrected chi connectivity index (χ1v) is 10.0. The van der Waals surface area contributed by atoms with Crippen LogP contribution < -0.4 is 5.32 Å². The summed E-state index contributed by atoms with van der Waals surface area (Å²) >= 11 is 0. The molecule has 1 N–H and O–H groups in total. The summed E-state index contributed by atoms with van der Waals surface area (Å²) in [6, 6.07) is 27.5. The number of amides is 3. The molecule has 3 aromatic carbocycles. The highest BCUT2D eigenvalue weighted by atomic mass is 16.6. The lowest BCUT2D eigenvalue weighted by molar-refractivity contribution is -0.149. The zero-order chi connectivity index (χ0) is 21.7. The number of nitrogens with zero attached hydrogens (tertiary/aromatic N) is 1. The quantitative estimate of drug-likeness (QED) is 0.601. The summed E-state index contributed by atoms with van der Waals surface area (Å²) < 4.78 is 5.53. The van der Waals surface area contributed by atoms with Gasteiger partial charge in [0.05, 0.1) is 6.54 Å². The smallest absolute Gasteiger partial charge is 0.418 e. The van der Waals surface area contributed by atoms with E-state index in [0.717, 1.165) is 21.6 Å². The number of imide groups is 1. The lowest BCUT2D eigenvalue weighted by Crippen LogP contribution is -2.54. The van der Waals surface area contributed by atoms with Crippen LogP contribution in [0.1, 0.15) is 16.7 Å². The van der Waals surface area contributed by atoms with Gasteiger partial charge in [0, 0.05) is 13.0 Å². The molecule has 3 aromatic rings. The SMILES string of the molecule is O=C1O[C@@](Cc2ccccc2)(C(=O)NCc2ccccc2)C(=O)N1Cc1ccccc1. The Kier molecular flexibility index (Phi) is 5.80. The van der Waals surface area contributed by atoms with Crippen molar-refractivity contribution < 1.29 is 19.1 Å². The van der Waals surface area contributed by atoms with Crippen molar-refractivity contribution in [3.63, 3.8) is 0 Å². The molecule has 6 nitrogen and oxygen atoms in total. The van der Waals surface area contributed by atoms with Crippen LogP contribution in [0.3, 0.4) is 0 Å². The van der Waals surface area contributed by atoms with Crippen molar-refractivity contribution in [1.29, 1.82) is 0 Å². The Morgan fingerprint density at radius 1 is 0.774 bits per heavy atom. The highest BCUT2D eigenvalue weighted by Crippen LogP contribution is 2.30. The number of ether oxygens (including phenoxy) is 1. The molecule has 4 rings (SSSR count). The average molecular weight is 414 g/mol. The van der Waals surface area contributed by atoms with Crippen molar-refractivity contribution in [2.45, 2.75) is 25.1 Å². The Morgan fingerprint density at radius 3 is 1.87 bits per heavy atom. The summed E-state index contributed by atoms with van der Waals surface area (Å²) in [5.74, 6) is -1.29. The molecule has 156 valence electrons. The lowest BCUT2D eigenvalue weighted by atomic mass is 9.92. The molecule has 0 radical (unpaired) electrons. The first kappa shape index (κ1) is 20.3. The summed E-state index contributed by atoms with van der Waals surface area (Å²) in [4.78, 5) is 40.4. The fourth-order valence-corrected chi connectivity index (χ4v) is 3.59. The van der Waals surface area contributed by atoms with Gasteiger partial charge >= 0.3 is 6.09 Å². The minimum Gasteiger partial charge on any atom is -0.422 e. The van der Waals surface area contributed by atoms with E-state index in [1.807, 2.05) is 78.9 Å². The van der Waals surface area contributed by atoms with Crippen molar-refractivity contribution in [3.05, 3.63) is 108 Å². The van der Waals surface area contributed by atoms with Crippen molar-refractivity contribution in [3.8, 4) is 0 Å². The topological polar surface area (TPSA) is 75.7 Å². The molecule has 1 heterocycles. The summed E-state index contributed by atoms with van der Waals surface area (Å²) in [7, 11) is 0. The first-order chi connectivity index (χ1) is 15.1. The van der Waals surface area contributed by atoms with Crippen LogP contribution in [0.25, 0.3) is 0 Å². The van der Waals surface area contributed by atoms with Crippen LogP contribution in [-0.2, 0) is 33.8 Å². The van der Waals surface area contributed by atoms with E-state index in [0.29, 0.717) is 0 Å². The van der Waals surface area contributed by atoms with Crippen molar-refractivity contribution in [1.82, 2.24) is 10.2 Å². The number of nitrogens with one attached hydrogen (secondary N) is 1. The predicted octanol–water partition coefficient (Wildman–Crippen LogP) is 3.46. The highest BCUT2D eigenvalue weighted by molar-refractivity contribution is 6.17. The average Bonchev–Trinajstić information content (AvgIpc) is 3.04. The molecule has 1 atom stereocenters. The number of carbonyl (C=O) groups excluding carboxylic acids is 3. The number of cyclic esters (lactones) is 1. The van der Waals surface area contributed by atoms with Crippen LogP contribution in [0.4, 0.5) is 4.79 Å². The van der Waals surface area contributed by atoms with Gasteiger partial charge in [0.25, 0.3) is 17.4 Å². The molecule has 3 amide bonds. The molecule has 0 saturated carbocycles. The van der Waals surface area contributed by atoms with Gasteiger partial charge in [-0.15, -0.1) is 0 Å². The number of hydrogen-bond acceptors (Lipinski definition) is 4. The molecule has 0 aliphatic carbocycles. The van der Waals surface area contributed by atoms with Crippen LogP contribution in [0.5, 0.6) is 0 Å². The summed E-state index contributed by atoms with van der Waals surface area (Å²) in [6.07, 6.45) is -0.857. The monoisotopic (exact) mass is 414 g/mol. The zero-order valence-corrected chi connectivity index (χ0v) is 16.9. The Morgan fingerprint density at radius 2 is 1.29 bits per heavy atom. The van der Waals surface area contributed by atoms with Gasteiger partial charge in [-0.2, -0.15) is 0 Å². The van der Waals surface area contributed by atoms with Gasteiger partial charge in [-0.3, -0.25) is 9.59 Å². The maximum Gasteiger partial charge on any atom is 0.418 e. The molecule has 0 bridgehead atoms. The van der Waals surface area contributed by atoms with Gasteiger partial charge in [0.15, 0.2) is 0 Å². The molecule has 0 unspecified atom stereocenters. The molecule has 1 aliphatic heterocycles. The van der Waals surface area contributed by atoms with Gasteiger partial charge < -0.3 is 10.1 Å². The second-order valence-corrected chi connectivity index (χ2v) is 7.40. The summed E-state index contributed by atoms with van der Waals surface area (Å²) in [6.45, 7) is 0.265. The molecule has 0 spiro atoms. The number of rotatable bonds is 7. The van der Waals surface area contributed by atoms with E-state index in [2.05, 4.69) is 5.32 Å². The van der Waals surface area contributed by atoms with Gasteiger partial charge in [-0.1, -0.05) is 91.0 Å². The van der Waals surface area contributed by atoms with E-state index in [4.69, 9.17) is 4.74 Å². The third kappa shape index (κ3) is 4.33. The van der Waals surface area contributed by atoms with Crippen LogP contribution in [-0.4, -0.2) is 28.4 Å². The molecular formula is C25H22N2O4. The van der Waals surface area contributed by atoms with Crippen LogP contribution in [0, 0.1) is 0 Å². The van der Waals surface area contributed by atoms with E-state index in [9.17, 15) is 14.4 Å². The molecule has 0 aromatic heterocycles. The number of benzene rings is 3. The normalized spacial score (nSPS) is 18.0. The third-order valence-corrected chi connectivity index (χ3v) is 5.21. The zero-order valence-electron chi connectivity index (χ0n) is 16.9. The Hall–Kier alpha value is -3.93. The second-order valence-electron chi connectivity index (χ2n) is 7.40. The number of carbonyl (C=O) groups is 3. The molecule has 1 fully saturated rings. The lowest BCUT2D eigenvalue weighted by Gasteiger charge is -2.24. The summed E-state index contributed by atoms with van der Waals surface area (Å²) in [5, 5.41) is 2.77. The van der Waals surface area contributed by atoms with Crippen LogP contribution in [0.15, 0.2) is 91.0 Å². The molecular weight excluding hydrogens is 392 g/mol. The minimum atomic E-state index is -1.94. The van der Waals surface area contributed by atoms with Gasteiger partial charge in [0.1, 0.15) is 0 Å². The second kappa shape index (κ2) is 8.83. The maximum atomic E-state index is 13.4. The standard InChI is InChI=1S/C25H22N2O4/c28-22(26-17-20-12-6-2-7-13-20)25(16-19-10-4-1-5-11-19)23(29)27(24(30)31-25)18-21-14-8-3-9-15-21/h1-15H,16-18H2,(H,26,28)/t25-/m0/s1. The van der Waals surface area contributed by atoms with E-state index >= 15 is 0 Å². The Balaban J connectivity index is 1.61. The van der Waals surface area contributed by atoms with Gasteiger partial charge in [-0.05, 0) is 16.7 Å². The molecule has 31 heavy (non-hydrogen) atoms. The van der Waals surface area contributed by atoms with Gasteiger partial charge in [-0.25, -0.2) is 9.69 Å². The van der Waals surface area contributed by atoms with E-state index in [-0.39, 0.29) is 19.5 Å². The van der Waals surface area contributed by atoms with Crippen LogP contribution in [0.2, 0.25) is 0 Å². The largest absolute Gasteiger partial charge is 0.422 e. The molecule has 1 aliphatic rings. The highest BCUT2D eigenvalue weighted by Gasteiger charge is 2.59. The van der Waals surface area contributed by atoms with E-state index < -0.39 is 23.5 Å². The van der Waals surface area contributed by atoms with Crippen molar-refractivity contribution >= 4 is 17.9 Å². The Bertz CT molecular complexity index is 1070. The van der Waals surface area contributed by atoms with Crippen LogP contribution >= 0.6 is 0 Å². The van der Waals surface area contributed by atoms with E-state index in [1.165, 1.54) is 0 Å². The van der Waals surface area contributed by atoms with E-state index in [1.54, 1.807) is 12.1 Å². The minimum absolute atomic E-state index is 0.0374. The molecule has 1 saturated heterocycles. The van der Waals surface area contributed by atoms with Crippen molar-refractivity contribution in [2.75, 3.05) is 0 Å². The predicted molar refractivity (Wildman–Crippen MR) is 115 cm³/mol. The number of hydrogen-bond donors (Lipinski definition) is 1. The first-order valence-electron chi connectivity index (χ1n) is 10.0. The fourth-order valence-electron chi connectivity index (χ4n) is 3.59. The maximum absolute atomic E-state index is 13.4. The van der Waals surface area contributed by atoms with Gasteiger partial charge in [0.2, 0.25) is 0 Å². The summed E-state index contributed by atoms with van der Waals surface area (Å²) in [5.41, 5.74) is 0.429. The Labute approximate surface area is 180 Å². The van der Waals surface area contributed by atoms with Crippen molar-refractivity contribution in [2.24, 2.45) is 0 Å². The molecule has 6 heteroatoms. The fraction of sp³-hybridized carbons (Fsp3) is 0.160.